The number of aromatic nitrogens is 2. The van der Waals surface area contributed by atoms with Crippen LogP contribution in [-0.4, -0.2) is 23.2 Å². The van der Waals surface area contributed by atoms with E-state index in [2.05, 4.69) is 15.5 Å². The molecule has 0 aliphatic rings. The monoisotopic (exact) mass is 245 g/mol. The predicted octanol–water partition coefficient (Wildman–Crippen LogP) is 1.91. The second-order valence-corrected chi connectivity index (χ2v) is 3.97. The maximum absolute atomic E-state index is 11.8. The van der Waals surface area contributed by atoms with Crippen LogP contribution in [-0.2, 0) is 11.2 Å². The summed E-state index contributed by atoms with van der Waals surface area (Å²) in [5.74, 6) is 1.13. The number of anilines is 1. The van der Waals surface area contributed by atoms with Crippen molar-refractivity contribution in [3.63, 3.8) is 0 Å². The summed E-state index contributed by atoms with van der Waals surface area (Å²) in [5, 5.41) is 9.45. The molecular formula is C13H15N3O2. The molecule has 1 aromatic carbocycles. The molecule has 0 aliphatic carbocycles. The maximum atomic E-state index is 11.8. The summed E-state index contributed by atoms with van der Waals surface area (Å²) < 4.78 is 5.20. The molecule has 5 heteroatoms. The molecule has 0 saturated heterocycles. The third kappa shape index (κ3) is 2.88. The second kappa shape index (κ2) is 5.35. The van der Waals surface area contributed by atoms with E-state index in [4.69, 9.17) is 4.74 Å². The number of hydrogen-bond acceptors (Lipinski definition) is 3. The number of nitrogens with zero attached hydrogens (tertiary/aromatic N) is 1. The standard InChI is InChI=1S/C13H15N3O2/c1-9-7-12(16-15-9)14-13(17)8-10-5-3-4-6-11(10)18-2/h3-7H,8H2,1-2H3,(H2,14,15,16,17). The number of benzene rings is 1. The number of rotatable bonds is 4. The van der Waals surface area contributed by atoms with Crippen LogP contribution in [0.5, 0.6) is 5.75 Å². The van der Waals surface area contributed by atoms with E-state index < -0.39 is 0 Å². The van der Waals surface area contributed by atoms with Gasteiger partial charge in [0.05, 0.1) is 13.5 Å². The molecule has 5 nitrogen and oxygen atoms in total. The van der Waals surface area contributed by atoms with Crippen LogP contribution >= 0.6 is 0 Å². The Labute approximate surface area is 105 Å². The Balaban J connectivity index is 2.03. The molecule has 0 aliphatic heterocycles. The molecule has 18 heavy (non-hydrogen) atoms. The topological polar surface area (TPSA) is 67.0 Å². The number of aromatic amines is 1. The molecule has 0 unspecified atom stereocenters. The first kappa shape index (κ1) is 12.2. The summed E-state index contributed by atoms with van der Waals surface area (Å²) in [6, 6.07) is 9.23. The van der Waals surface area contributed by atoms with Gasteiger partial charge in [0.1, 0.15) is 5.75 Å². The van der Waals surface area contributed by atoms with Crippen LogP contribution < -0.4 is 10.1 Å². The SMILES string of the molecule is COc1ccccc1CC(=O)Nc1cc(C)[nH]n1. The quantitative estimate of drug-likeness (QED) is 0.864. The van der Waals surface area contributed by atoms with E-state index in [1.54, 1.807) is 13.2 Å². The van der Waals surface area contributed by atoms with Crippen LogP contribution in [0.2, 0.25) is 0 Å². The van der Waals surface area contributed by atoms with Crippen LogP contribution in [0.15, 0.2) is 30.3 Å². The lowest BCUT2D eigenvalue weighted by Crippen LogP contribution is -2.15. The summed E-state index contributed by atoms with van der Waals surface area (Å²) in [5.41, 5.74) is 1.76. The average molecular weight is 245 g/mol. The Morgan fingerprint density at radius 2 is 2.22 bits per heavy atom. The zero-order valence-corrected chi connectivity index (χ0v) is 10.4. The van der Waals surface area contributed by atoms with Crippen LogP contribution in [0.25, 0.3) is 0 Å². The third-order valence-corrected chi connectivity index (χ3v) is 2.52. The zero-order valence-electron chi connectivity index (χ0n) is 10.4. The van der Waals surface area contributed by atoms with E-state index in [0.717, 1.165) is 11.3 Å². The number of carbonyl (C=O) groups is 1. The molecule has 2 N–H and O–H groups in total. The number of hydrogen-bond donors (Lipinski definition) is 2. The lowest BCUT2D eigenvalue weighted by molar-refractivity contribution is -0.115. The average Bonchev–Trinajstić information content (AvgIpc) is 2.75. The molecule has 0 radical (unpaired) electrons. The molecule has 0 spiro atoms. The van der Waals surface area contributed by atoms with Gasteiger partial charge < -0.3 is 10.1 Å². The lowest BCUT2D eigenvalue weighted by atomic mass is 10.1. The van der Waals surface area contributed by atoms with E-state index in [9.17, 15) is 4.79 Å². The van der Waals surface area contributed by atoms with Crippen LogP contribution in [0.4, 0.5) is 5.82 Å². The number of carbonyl (C=O) groups excluding carboxylic acids is 1. The smallest absolute Gasteiger partial charge is 0.230 e. The fourth-order valence-corrected chi connectivity index (χ4v) is 1.69. The van der Waals surface area contributed by atoms with Crippen molar-refractivity contribution in [1.82, 2.24) is 10.2 Å². The van der Waals surface area contributed by atoms with Crippen molar-refractivity contribution in [1.29, 1.82) is 0 Å². The molecule has 0 bridgehead atoms. The van der Waals surface area contributed by atoms with Gasteiger partial charge in [-0.25, -0.2) is 0 Å². The molecule has 0 fully saturated rings. The Kier molecular flexibility index (Phi) is 3.62. The summed E-state index contributed by atoms with van der Waals surface area (Å²) in [7, 11) is 1.59. The van der Waals surface area contributed by atoms with Crippen molar-refractivity contribution in [3.8, 4) is 5.75 Å². The van der Waals surface area contributed by atoms with E-state index in [1.807, 2.05) is 31.2 Å². The zero-order chi connectivity index (χ0) is 13.0. The van der Waals surface area contributed by atoms with Gasteiger partial charge in [-0.05, 0) is 13.0 Å². The summed E-state index contributed by atoms with van der Waals surface area (Å²) in [6.45, 7) is 1.88. The summed E-state index contributed by atoms with van der Waals surface area (Å²) in [6.07, 6.45) is 0.260. The van der Waals surface area contributed by atoms with Gasteiger partial charge in [0.25, 0.3) is 0 Å². The minimum absolute atomic E-state index is 0.119. The number of H-pyrrole nitrogens is 1. The molecule has 1 aromatic heterocycles. The number of methoxy groups -OCH3 is 1. The molecule has 94 valence electrons. The Morgan fingerprint density at radius 1 is 1.44 bits per heavy atom. The van der Waals surface area contributed by atoms with Crippen molar-refractivity contribution >= 4 is 11.7 Å². The highest BCUT2D eigenvalue weighted by Gasteiger charge is 2.09. The highest BCUT2D eigenvalue weighted by molar-refractivity contribution is 5.91. The van der Waals surface area contributed by atoms with Gasteiger partial charge in [-0.1, -0.05) is 18.2 Å². The minimum atomic E-state index is -0.119. The van der Waals surface area contributed by atoms with E-state index >= 15 is 0 Å². The van der Waals surface area contributed by atoms with Gasteiger partial charge >= 0.3 is 0 Å². The van der Waals surface area contributed by atoms with Crippen LogP contribution in [0.3, 0.4) is 0 Å². The Morgan fingerprint density at radius 3 is 2.89 bits per heavy atom. The highest BCUT2D eigenvalue weighted by atomic mass is 16.5. The first-order valence-electron chi connectivity index (χ1n) is 5.63. The number of aryl methyl sites for hydroxylation is 1. The normalized spacial score (nSPS) is 10.1. The van der Waals surface area contributed by atoms with Crippen molar-refractivity contribution in [2.45, 2.75) is 13.3 Å². The highest BCUT2D eigenvalue weighted by Crippen LogP contribution is 2.18. The third-order valence-electron chi connectivity index (χ3n) is 2.52. The molecular weight excluding hydrogens is 230 g/mol. The van der Waals surface area contributed by atoms with Crippen LogP contribution in [0, 0.1) is 6.92 Å². The molecule has 0 saturated carbocycles. The van der Waals surface area contributed by atoms with Gasteiger partial charge in [0.2, 0.25) is 5.91 Å². The minimum Gasteiger partial charge on any atom is -0.496 e. The number of nitrogens with one attached hydrogen (secondary N) is 2. The Hall–Kier alpha value is -2.30. The van der Waals surface area contributed by atoms with Crippen molar-refractivity contribution in [3.05, 3.63) is 41.6 Å². The van der Waals surface area contributed by atoms with E-state index in [0.29, 0.717) is 11.6 Å². The van der Waals surface area contributed by atoms with Crippen molar-refractivity contribution < 1.29 is 9.53 Å². The largest absolute Gasteiger partial charge is 0.496 e. The van der Waals surface area contributed by atoms with Gasteiger partial charge in [-0.15, -0.1) is 0 Å². The molecule has 2 rings (SSSR count). The maximum Gasteiger partial charge on any atom is 0.230 e. The number of para-hydroxylation sites is 1. The first-order valence-corrected chi connectivity index (χ1v) is 5.63. The molecule has 1 heterocycles. The molecule has 0 atom stereocenters. The number of ether oxygens (including phenoxy) is 1. The fourth-order valence-electron chi connectivity index (χ4n) is 1.69. The van der Waals surface area contributed by atoms with Gasteiger partial charge in [-0.3, -0.25) is 9.89 Å². The first-order chi connectivity index (χ1) is 8.69. The van der Waals surface area contributed by atoms with Gasteiger partial charge in [-0.2, -0.15) is 5.10 Å². The molecule has 1 amide bonds. The van der Waals surface area contributed by atoms with Crippen molar-refractivity contribution in [2.75, 3.05) is 12.4 Å². The van der Waals surface area contributed by atoms with Crippen molar-refractivity contribution in [2.24, 2.45) is 0 Å². The summed E-state index contributed by atoms with van der Waals surface area (Å²) >= 11 is 0. The lowest BCUT2D eigenvalue weighted by Gasteiger charge is -2.07. The van der Waals surface area contributed by atoms with E-state index in [-0.39, 0.29) is 12.3 Å². The van der Waals surface area contributed by atoms with Gasteiger partial charge in [0.15, 0.2) is 5.82 Å². The Bertz CT molecular complexity index is 549. The molecule has 2 aromatic rings. The second-order valence-electron chi connectivity index (χ2n) is 3.97. The number of amides is 1. The predicted molar refractivity (Wildman–Crippen MR) is 68.7 cm³/mol. The van der Waals surface area contributed by atoms with Gasteiger partial charge in [0, 0.05) is 17.3 Å². The summed E-state index contributed by atoms with van der Waals surface area (Å²) in [4.78, 5) is 11.8. The van der Waals surface area contributed by atoms with E-state index in [1.165, 1.54) is 0 Å². The van der Waals surface area contributed by atoms with Crippen LogP contribution in [0.1, 0.15) is 11.3 Å². The fraction of sp³-hybridized carbons (Fsp3) is 0.231.